The van der Waals surface area contributed by atoms with E-state index < -0.39 is 5.24 Å². The Morgan fingerprint density at radius 1 is 1.39 bits per heavy atom. The Bertz CT molecular complexity index is 432. The zero-order valence-electron chi connectivity index (χ0n) is 9.69. The highest BCUT2D eigenvalue weighted by Crippen LogP contribution is 2.13. The van der Waals surface area contributed by atoms with Crippen molar-refractivity contribution in [3.63, 3.8) is 0 Å². The Hall–Kier alpha value is -1.26. The van der Waals surface area contributed by atoms with E-state index in [1.54, 1.807) is 12.1 Å². The van der Waals surface area contributed by atoms with Gasteiger partial charge in [-0.25, -0.2) is 0 Å². The Kier molecular flexibility index (Phi) is 5.95. The predicted molar refractivity (Wildman–Crippen MR) is 74.1 cm³/mol. The third kappa shape index (κ3) is 4.20. The van der Waals surface area contributed by atoms with Crippen molar-refractivity contribution in [1.82, 2.24) is 5.32 Å². The third-order valence-corrected chi connectivity index (χ3v) is 2.49. The second-order valence-electron chi connectivity index (χ2n) is 3.68. The lowest BCUT2D eigenvalue weighted by atomic mass is 10.2. The van der Waals surface area contributed by atoms with Gasteiger partial charge in [-0.3, -0.25) is 9.79 Å². The molecule has 0 bridgehead atoms. The van der Waals surface area contributed by atoms with E-state index in [1.807, 2.05) is 12.1 Å². The van der Waals surface area contributed by atoms with E-state index in [0.29, 0.717) is 5.75 Å². The number of ether oxygens (including phenoxy) is 1. The fraction of sp³-hybridized carbons (Fsp3) is 0.333. The second-order valence-corrected chi connectivity index (χ2v) is 4.10. The maximum atomic E-state index is 10.5. The molecule has 0 fully saturated rings. The summed E-state index contributed by atoms with van der Waals surface area (Å²) in [6.07, 6.45) is 1.07. The van der Waals surface area contributed by atoms with E-state index in [1.165, 1.54) is 0 Å². The second kappa shape index (κ2) is 7.24. The summed E-state index contributed by atoms with van der Waals surface area (Å²) >= 11 is 5.19. The number of halogens is 2. The fourth-order valence-electron chi connectivity index (χ4n) is 1.58. The molecule has 0 unspecified atom stereocenters. The summed E-state index contributed by atoms with van der Waals surface area (Å²) in [5.74, 6) is 1.54. The Morgan fingerprint density at radius 3 is 2.67 bits per heavy atom. The molecule has 6 heteroatoms. The highest BCUT2D eigenvalue weighted by molar-refractivity contribution is 6.63. The van der Waals surface area contributed by atoms with Gasteiger partial charge in [0.25, 0.3) is 5.24 Å². The molecule has 18 heavy (non-hydrogen) atoms. The van der Waals surface area contributed by atoms with Crippen LogP contribution < -0.4 is 10.1 Å². The maximum Gasteiger partial charge on any atom is 0.259 e. The van der Waals surface area contributed by atoms with Gasteiger partial charge in [0, 0.05) is 18.7 Å². The summed E-state index contributed by atoms with van der Waals surface area (Å²) in [5.41, 5.74) is 1.02. The van der Waals surface area contributed by atoms with Crippen molar-refractivity contribution in [2.45, 2.75) is 6.42 Å². The molecular formula is C12H14Cl2N2O2. The highest BCUT2D eigenvalue weighted by atomic mass is 35.5. The lowest BCUT2D eigenvalue weighted by Gasteiger charge is -2.14. The van der Waals surface area contributed by atoms with E-state index in [4.69, 9.17) is 16.3 Å². The molecular weight excluding hydrogens is 275 g/mol. The number of hydrogen-bond donors (Lipinski definition) is 1. The third-order valence-electron chi connectivity index (χ3n) is 2.38. The molecule has 0 aliphatic carbocycles. The van der Waals surface area contributed by atoms with Gasteiger partial charge in [0.05, 0.1) is 0 Å². The minimum absolute atomic E-state index is 0. The SMILES string of the molecule is Cl.O=C(Cl)COc1ccc(C2=NCCCN2)cc1. The van der Waals surface area contributed by atoms with Crippen LogP contribution in [0, 0.1) is 0 Å². The number of rotatable bonds is 4. The molecule has 98 valence electrons. The van der Waals surface area contributed by atoms with Crippen LogP contribution in [-0.4, -0.2) is 30.8 Å². The average Bonchev–Trinajstić information content (AvgIpc) is 2.38. The first-order chi connectivity index (χ1) is 8.25. The Balaban J connectivity index is 0.00000162. The molecule has 1 aliphatic rings. The van der Waals surface area contributed by atoms with Crippen molar-refractivity contribution < 1.29 is 9.53 Å². The fourth-order valence-corrected chi connectivity index (χ4v) is 1.63. The summed E-state index contributed by atoms with van der Waals surface area (Å²) in [7, 11) is 0. The van der Waals surface area contributed by atoms with Crippen molar-refractivity contribution in [3.8, 4) is 5.75 Å². The van der Waals surface area contributed by atoms with Crippen LogP contribution in [0.2, 0.25) is 0 Å². The van der Waals surface area contributed by atoms with Crippen LogP contribution in [0.25, 0.3) is 0 Å². The first kappa shape index (κ1) is 14.8. The van der Waals surface area contributed by atoms with E-state index >= 15 is 0 Å². The topological polar surface area (TPSA) is 50.7 Å². The van der Waals surface area contributed by atoms with Gasteiger partial charge in [-0.2, -0.15) is 0 Å². The number of nitrogens with one attached hydrogen (secondary N) is 1. The molecule has 1 aromatic carbocycles. The summed E-state index contributed by atoms with van der Waals surface area (Å²) in [4.78, 5) is 14.9. The molecule has 0 saturated heterocycles. The molecule has 0 atom stereocenters. The average molecular weight is 289 g/mol. The quantitative estimate of drug-likeness (QED) is 0.862. The number of nitrogens with zero attached hydrogens (tertiary/aromatic N) is 1. The normalized spacial score (nSPS) is 13.9. The van der Waals surface area contributed by atoms with Crippen molar-refractivity contribution in [2.75, 3.05) is 19.7 Å². The first-order valence-corrected chi connectivity index (χ1v) is 5.83. The van der Waals surface area contributed by atoms with Crippen molar-refractivity contribution in [3.05, 3.63) is 29.8 Å². The smallest absolute Gasteiger partial charge is 0.259 e. The van der Waals surface area contributed by atoms with E-state index in [2.05, 4.69) is 10.3 Å². The molecule has 1 heterocycles. The molecule has 0 amide bonds. The van der Waals surface area contributed by atoms with Crippen LogP contribution in [0.1, 0.15) is 12.0 Å². The summed E-state index contributed by atoms with van der Waals surface area (Å²) in [6.45, 7) is 1.71. The lowest BCUT2D eigenvalue weighted by Crippen LogP contribution is -2.30. The molecule has 0 saturated carbocycles. The van der Waals surface area contributed by atoms with Crippen LogP contribution in [-0.2, 0) is 4.79 Å². The molecule has 1 aliphatic heterocycles. The number of carbonyl (C=O) groups is 1. The van der Waals surface area contributed by atoms with Crippen LogP contribution in [0.5, 0.6) is 5.75 Å². The van der Waals surface area contributed by atoms with Crippen LogP contribution in [0.4, 0.5) is 0 Å². The largest absolute Gasteiger partial charge is 0.484 e. The van der Waals surface area contributed by atoms with Gasteiger partial charge in [-0.05, 0) is 42.3 Å². The van der Waals surface area contributed by atoms with Gasteiger partial charge >= 0.3 is 0 Å². The first-order valence-electron chi connectivity index (χ1n) is 5.45. The highest BCUT2D eigenvalue weighted by Gasteiger charge is 2.07. The van der Waals surface area contributed by atoms with E-state index in [9.17, 15) is 4.79 Å². The monoisotopic (exact) mass is 288 g/mol. The lowest BCUT2D eigenvalue weighted by molar-refractivity contribution is -0.113. The van der Waals surface area contributed by atoms with Crippen LogP contribution in [0.15, 0.2) is 29.3 Å². The van der Waals surface area contributed by atoms with Gasteiger partial charge in [-0.1, -0.05) is 0 Å². The van der Waals surface area contributed by atoms with Gasteiger partial charge in [-0.15, -0.1) is 12.4 Å². The molecule has 0 aromatic heterocycles. The molecule has 1 N–H and O–H groups in total. The maximum absolute atomic E-state index is 10.5. The number of hydrogen-bond acceptors (Lipinski definition) is 4. The number of benzene rings is 1. The number of amidine groups is 1. The van der Waals surface area contributed by atoms with Crippen LogP contribution >= 0.6 is 24.0 Å². The van der Waals surface area contributed by atoms with Gasteiger partial charge in [0.2, 0.25) is 0 Å². The van der Waals surface area contributed by atoms with Gasteiger partial charge in [0.15, 0.2) is 6.61 Å². The van der Waals surface area contributed by atoms with Crippen molar-refractivity contribution in [1.29, 1.82) is 0 Å². The minimum atomic E-state index is -0.507. The zero-order chi connectivity index (χ0) is 12.1. The predicted octanol–water partition coefficient (Wildman–Crippen LogP) is 1.99. The van der Waals surface area contributed by atoms with Gasteiger partial charge in [0.1, 0.15) is 11.6 Å². The summed E-state index contributed by atoms with van der Waals surface area (Å²) in [5, 5.41) is 2.73. The standard InChI is InChI=1S/C12H13ClN2O2.ClH/c13-11(16)8-17-10-4-2-9(3-5-10)12-14-6-1-7-15-12;/h2-5H,1,6-8H2,(H,14,15);1H. The number of aliphatic imine (C=N–C) groups is 1. The van der Waals surface area contributed by atoms with Crippen molar-refractivity contribution in [2.24, 2.45) is 4.99 Å². The molecule has 4 nitrogen and oxygen atoms in total. The van der Waals surface area contributed by atoms with E-state index in [-0.39, 0.29) is 19.0 Å². The van der Waals surface area contributed by atoms with Crippen molar-refractivity contribution >= 4 is 35.1 Å². The molecule has 2 rings (SSSR count). The summed E-state index contributed by atoms with van der Waals surface area (Å²) < 4.78 is 5.17. The molecule has 0 radical (unpaired) electrons. The van der Waals surface area contributed by atoms with Crippen LogP contribution in [0.3, 0.4) is 0 Å². The Labute approximate surface area is 117 Å². The van der Waals surface area contributed by atoms with E-state index in [0.717, 1.165) is 30.9 Å². The summed E-state index contributed by atoms with van der Waals surface area (Å²) in [6, 6.07) is 7.42. The Morgan fingerprint density at radius 2 is 2.11 bits per heavy atom. The zero-order valence-corrected chi connectivity index (χ0v) is 11.3. The minimum Gasteiger partial charge on any atom is -0.484 e. The molecule has 1 aromatic rings. The number of carbonyl (C=O) groups excluding carboxylic acids is 1. The molecule has 0 spiro atoms. The van der Waals surface area contributed by atoms with Gasteiger partial charge < -0.3 is 10.1 Å².